The minimum atomic E-state index is -0.382. The van der Waals surface area contributed by atoms with Crippen LogP contribution in [-0.2, 0) is 14.4 Å². The Kier molecular flexibility index (Phi) is 6.31. The Balaban J connectivity index is 1.87. The van der Waals surface area contributed by atoms with E-state index in [9.17, 15) is 14.4 Å². The molecule has 1 aliphatic heterocycles. The summed E-state index contributed by atoms with van der Waals surface area (Å²) in [6.45, 7) is 2.85. The SMILES string of the molecule is CC(=O)NCC(=O)NCC(=O)N1C[C@@H](CN)[C@H](c2ccccc2)C1. The van der Waals surface area contributed by atoms with Gasteiger partial charge in [0.15, 0.2) is 0 Å². The Morgan fingerprint density at radius 2 is 1.83 bits per heavy atom. The van der Waals surface area contributed by atoms with Crippen LogP contribution in [0.3, 0.4) is 0 Å². The topological polar surface area (TPSA) is 105 Å². The zero-order valence-corrected chi connectivity index (χ0v) is 13.8. The first-order valence-corrected chi connectivity index (χ1v) is 8.05. The molecule has 1 saturated heterocycles. The third kappa shape index (κ3) is 4.79. The van der Waals surface area contributed by atoms with Crippen LogP contribution in [0, 0.1) is 5.92 Å². The van der Waals surface area contributed by atoms with Gasteiger partial charge >= 0.3 is 0 Å². The molecule has 3 amide bonds. The van der Waals surface area contributed by atoms with Gasteiger partial charge in [0.05, 0.1) is 13.1 Å². The largest absolute Gasteiger partial charge is 0.347 e. The van der Waals surface area contributed by atoms with Crippen molar-refractivity contribution in [3.63, 3.8) is 0 Å². The maximum absolute atomic E-state index is 12.3. The van der Waals surface area contributed by atoms with Gasteiger partial charge < -0.3 is 21.3 Å². The summed E-state index contributed by atoms with van der Waals surface area (Å²) in [7, 11) is 0. The predicted octanol–water partition coefficient (Wildman–Crippen LogP) is -0.560. The van der Waals surface area contributed by atoms with Crippen LogP contribution in [0.4, 0.5) is 0 Å². The fourth-order valence-corrected chi connectivity index (χ4v) is 2.94. The van der Waals surface area contributed by atoms with E-state index in [0.717, 1.165) is 0 Å². The number of likely N-dealkylation sites (tertiary alicyclic amines) is 1. The standard InChI is InChI=1S/C17H24N4O3/c1-12(22)19-8-16(23)20-9-17(24)21-10-14(7-18)15(11-21)13-5-3-2-4-6-13/h2-6,14-15H,7-11,18H2,1H3,(H,19,22)(H,20,23)/t14-,15+/m1/s1. The number of amides is 3. The smallest absolute Gasteiger partial charge is 0.241 e. The minimum absolute atomic E-state index is 0.0722. The van der Waals surface area contributed by atoms with Crippen molar-refractivity contribution in [2.75, 3.05) is 32.7 Å². The Hall–Kier alpha value is -2.41. The second-order valence-corrected chi connectivity index (χ2v) is 6.00. The van der Waals surface area contributed by atoms with Crippen LogP contribution in [0.1, 0.15) is 18.4 Å². The second-order valence-electron chi connectivity index (χ2n) is 6.00. The lowest BCUT2D eigenvalue weighted by atomic mass is 9.89. The molecular weight excluding hydrogens is 308 g/mol. The number of nitrogens with one attached hydrogen (secondary N) is 2. The number of rotatable bonds is 6. The quantitative estimate of drug-likeness (QED) is 0.649. The molecule has 0 aromatic heterocycles. The van der Waals surface area contributed by atoms with E-state index in [1.807, 2.05) is 18.2 Å². The van der Waals surface area contributed by atoms with Gasteiger partial charge in [0.2, 0.25) is 17.7 Å². The van der Waals surface area contributed by atoms with Crippen LogP contribution in [0.2, 0.25) is 0 Å². The zero-order valence-electron chi connectivity index (χ0n) is 13.8. The van der Waals surface area contributed by atoms with Crippen LogP contribution in [-0.4, -0.2) is 55.3 Å². The molecule has 7 heteroatoms. The summed E-state index contributed by atoms with van der Waals surface area (Å²) < 4.78 is 0. The van der Waals surface area contributed by atoms with E-state index < -0.39 is 0 Å². The van der Waals surface area contributed by atoms with Gasteiger partial charge in [-0.05, 0) is 18.0 Å². The van der Waals surface area contributed by atoms with Crippen molar-refractivity contribution in [1.29, 1.82) is 0 Å². The second kappa shape index (κ2) is 8.44. The van der Waals surface area contributed by atoms with E-state index in [1.54, 1.807) is 4.90 Å². The molecule has 7 nitrogen and oxygen atoms in total. The summed E-state index contributed by atoms with van der Waals surface area (Å²) in [5.74, 6) is -0.370. The van der Waals surface area contributed by atoms with E-state index in [0.29, 0.717) is 19.6 Å². The Bertz CT molecular complexity index is 591. The molecule has 0 saturated carbocycles. The first-order valence-electron chi connectivity index (χ1n) is 8.05. The molecule has 24 heavy (non-hydrogen) atoms. The van der Waals surface area contributed by atoms with E-state index in [1.165, 1.54) is 12.5 Å². The summed E-state index contributed by atoms with van der Waals surface area (Å²) in [5.41, 5.74) is 7.04. The molecule has 0 unspecified atom stereocenters. The molecule has 2 atom stereocenters. The van der Waals surface area contributed by atoms with E-state index in [2.05, 4.69) is 22.8 Å². The fourth-order valence-electron chi connectivity index (χ4n) is 2.94. The number of carbonyl (C=O) groups excluding carboxylic acids is 3. The highest BCUT2D eigenvalue weighted by atomic mass is 16.2. The van der Waals surface area contributed by atoms with Crippen molar-refractivity contribution in [3.05, 3.63) is 35.9 Å². The highest BCUT2D eigenvalue weighted by molar-refractivity contribution is 5.87. The lowest BCUT2D eigenvalue weighted by Crippen LogP contribution is -2.42. The summed E-state index contributed by atoms with van der Waals surface area (Å²) >= 11 is 0. The molecule has 1 fully saturated rings. The van der Waals surface area contributed by atoms with Gasteiger partial charge in [-0.15, -0.1) is 0 Å². The lowest BCUT2D eigenvalue weighted by Gasteiger charge is -2.17. The van der Waals surface area contributed by atoms with Gasteiger partial charge in [-0.3, -0.25) is 14.4 Å². The average molecular weight is 332 g/mol. The van der Waals surface area contributed by atoms with Crippen LogP contribution in [0.25, 0.3) is 0 Å². The lowest BCUT2D eigenvalue weighted by molar-refractivity contribution is -0.132. The van der Waals surface area contributed by atoms with Crippen molar-refractivity contribution in [2.24, 2.45) is 11.7 Å². The van der Waals surface area contributed by atoms with Crippen LogP contribution in [0.15, 0.2) is 30.3 Å². The van der Waals surface area contributed by atoms with E-state index in [-0.39, 0.29) is 42.6 Å². The Morgan fingerprint density at radius 3 is 2.46 bits per heavy atom. The molecule has 0 aliphatic carbocycles. The van der Waals surface area contributed by atoms with Gasteiger partial charge in [-0.2, -0.15) is 0 Å². The molecule has 1 aromatic carbocycles. The third-order valence-electron chi connectivity index (χ3n) is 4.26. The molecular formula is C17H24N4O3. The molecule has 1 heterocycles. The summed E-state index contributed by atoms with van der Waals surface area (Å²) in [4.78, 5) is 36.4. The predicted molar refractivity (Wildman–Crippen MR) is 90.0 cm³/mol. The molecule has 0 radical (unpaired) electrons. The number of benzene rings is 1. The highest BCUT2D eigenvalue weighted by Crippen LogP contribution is 2.31. The summed E-state index contributed by atoms with van der Waals surface area (Å²) in [6, 6.07) is 10.0. The molecule has 1 aliphatic rings. The monoisotopic (exact) mass is 332 g/mol. The van der Waals surface area contributed by atoms with Crippen molar-refractivity contribution in [2.45, 2.75) is 12.8 Å². The first kappa shape index (κ1) is 17.9. The highest BCUT2D eigenvalue weighted by Gasteiger charge is 2.35. The molecule has 2 rings (SSSR count). The number of carbonyl (C=O) groups is 3. The van der Waals surface area contributed by atoms with Gasteiger partial charge in [0.1, 0.15) is 0 Å². The van der Waals surface area contributed by atoms with Gasteiger partial charge in [0.25, 0.3) is 0 Å². The molecule has 0 bridgehead atoms. The number of hydrogen-bond donors (Lipinski definition) is 3. The third-order valence-corrected chi connectivity index (χ3v) is 4.26. The molecule has 130 valence electrons. The number of nitrogens with zero attached hydrogens (tertiary/aromatic N) is 1. The Labute approximate surface area is 141 Å². The van der Waals surface area contributed by atoms with Crippen molar-refractivity contribution in [1.82, 2.24) is 15.5 Å². The molecule has 4 N–H and O–H groups in total. The normalized spacial score (nSPS) is 19.8. The van der Waals surface area contributed by atoms with Gasteiger partial charge in [-0.25, -0.2) is 0 Å². The van der Waals surface area contributed by atoms with Gasteiger partial charge in [-0.1, -0.05) is 30.3 Å². The van der Waals surface area contributed by atoms with Crippen molar-refractivity contribution >= 4 is 17.7 Å². The zero-order chi connectivity index (χ0) is 17.5. The van der Waals surface area contributed by atoms with Crippen LogP contribution < -0.4 is 16.4 Å². The number of nitrogens with two attached hydrogens (primary N) is 1. The van der Waals surface area contributed by atoms with Crippen molar-refractivity contribution in [3.8, 4) is 0 Å². The summed E-state index contributed by atoms with van der Waals surface area (Å²) in [5, 5.41) is 4.92. The van der Waals surface area contributed by atoms with Crippen molar-refractivity contribution < 1.29 is 14.4 Å². The van der Waals surface area contributed by atoms with Crippen LogP contribution >= 0.6 is 0 Å². The van der Waals surface area contributed by atoms with Gasteiger partial charge in [0, 0.05) is 25.9 Å². The van der Waals surface area contributed by atoms with E-state index >= 15 is 0 Å². The summed E-state index contributed by atoms with van der Waals surface area (Å²) in [6.07, 6.45) is 0. The maximum Gasteiger partial charge on any atom is 0.241 e. The molecule has 1 aromatic rings. The Morgan fingerprint density at radius 1 is 1.12 bits per heavy atom. The minimum Gasteiger partial charge on any atom is -0.347 e. The molecule has 0 spiro atoms. The van der Waals surface area contributed by atoms with Crippen LogP contribution in [0.5, 0.6) is 0 Å². The van der Waals surface area contributed by atoms with E-state index in [4.69, 9.17) is 5.73 Å². The fraction of sp³-hybridized carbons (Fsp3) is 0.471. The average Bonchev–Trinajstić information content (AvgIpc) is 3.03. The number of hydrogen-bond acceptors (Lipinski definition) is 4. The first-order chi connectivity index (χ1) is 11.5. The maximum atomic E-state index is 12.3.